The highest BCUT2D eigenvalue weighted by molar-refractivity contribution is 5.86. The van der Waals surface area contributed by atoms with Crippen molar-refractivity contribution >= 4 is 5.78 Å². The smallest absolute Gasteiger partial charge is 0.161 e. The molecule has 2 nitrogen and oxygen atoms in total. The van der Waals surface area contributed by atoms with Gasteiger partial charge in [-0.3, -0.25) is 4.79 Å². The van der Waals surface area contributed by atoms with Crippen molar-refractivity contribution in [1.29, 1.82) is 0 Å². The number of carbonyl (C=O) groups is 1. The lowest BCUT2D eigenvalue weighted by molar-refractivity contribution is -0.160. The van der Waals surface area contributed by atoms with E-state index in [1.165, 1.54) is 32.1 Å². The van der Waals surface area contributed by atoms with Crippen LogP contribution in [-0.2, 0) is 4.79 Å². The van der Waals surface area contributed by atoms with E-state index < -0.39 is 5.60 Å². The van der Waals surface area contributed by atoms with Crippen molar-refractivity contribution < 1.29 is 9.90 Å². The molecule has 4 aliphatic rings. The second kappa shape index (κ2) is 5.19. The molecule has 0 saturated heterocycles. The van der Waals surface area contributed by atoms with Gasteiger partial charge in [0.25, 0.3) is 0 Å². The SMILES string of the molecule is CC(=O)[C@@]1(O)CC[C@H]2[C@@H]3C[C@H](C)C4=CCCC[C@]4(C)[C@H]3CC[C@@]21C. The molecule has 1 N–H and O–H groups in total. The molecule has 0 amide bonds. The molecule has 2 heteroatoms. The van der Waals surface area contributed by atoms with Gasteiger partial charge in [0.1, 0.15) is 5.60 Å². The molecule has 0 bridgehead atoms. The number of hydrogen-bond acceptors (Lipinski definition) is 2. The summed E-state index contributed by atoms with van der Waals surface area (Å²) in [7, 11) is 0. The summed E-state index contributed by atoms with van der Waals surface area (Å²) in [5, 5.41) is 11.2. The van der Waals surface area contributed by atoms with E-state index in [0.29, 0.717) is 29.6 Å². The number of Topliss-reactive ketones (excluding diaryl/α,β-unsaturated/α-hetero) is 1. The van der Waals surface area contributed by atoms with Crippen LogP contribution in [0.1, 0.15) is 79.1 Å². The normalized spacial score (nSPS) is 53.6. The van der Waals surface area contributed by atoms with Crippen LogP contribution in [0, 0.1) is 34.5 Å². The molecule has 4 rings (SSSR count). The van der Waals surface area contributed by atoms with E-state index in [4.69, 9.17) is 0 Å². The van der Waals surface area contributed by atoms with Gasteiger partial charge in [-0.1, -0.05) is 32.4 Å². The molecule has 0 radical (unpaired) electrons. The largest absolute Gasteiger partial charge is 0.382 e. The average Bonchev–Trinajstić information content (AvgIpc) is 2.81. The molecule has 0 unspecified atom stereocenters. The van der Waals surface area contributed by atoms with Crippen LogP contribution in [0.15, 0.2) is 11.6 Å². The zero-order valence-corrected chi connectivity index (χ0v) is 15.9. The number of fused-ring (bicyclic) bond motifs is 5. The van der Waals surface area contributed by atoms with Crippen LogP contribution in [0.25, 0.3) is 0 Å². The summed E-state index contributed by atoms with van der Waals surface area (Å²) >= 11 is 0. The summed E-state index contributed by atoms with van der Waals surface area (Å²) in [5.41, 5.74) is 0.832. The van der Waals surface area contributed by atoms with Crippen LogP contribution in [0.5, 0.6) is 0 Å². The second-order valence-corrected chi connectivity index (χ2v) is 9.89. The Labute approximate surface area is 147 Å². The molecule has 7 atom stereocenters. The third-order valence-electron chi connectivity index (χ3n) is 9.07. The summed E-state index contributed by atoms with van der Waals surface area (Å²) in [6, 6.07) is 0. The summed E-state index contributed by atoms with van der Waals surface area (Å²) < 4.78 is 0. The van der Waals surface area contributed by atoms with Crippen molar-refractivity contribution in [3.63, 3.8) is 0 Å². The summed E-state index contributed by atoms with van der Waals surface area (Å²) in [4.78, 5) is 12.3. The molecule has 3 fully saturated rings. The Morgan fingerprint density at radius 1 is 1.17 bits per heavy atom. The lowest BCUT2D eigenvalue weighted by Crippen LogP contribution is -2.57. The molecule has 0 aromatic carbocycles. The number of allylic oxidation sites excluding steroid dienone is 2. The van der Waals surface area contributed by atoms with Crippen LogP contribution < -0.4 is 0 Å². The highest BCUT2D eigenvalue weighted by Crippen LogP contribution is 2.68. The van der Waals surface area contributed by atoms with E-state index in [1.807, 2.05) is 0 Å². The van der Waals surface area contributed by atoms with Gasteiger partial charge in [0.15, 0.2) is 5.78 Å². The zero-order valence-electron chi connectivity index (χ0n) is 15.9. The van der Waals surface area contributed by atoms with Crippen LogP contribution in [-0.4, -0.2) is 16.5 Å². The first-order chi connectivity index (χ1) is 11.2. The van der Waals surface area contributed by atoms with E-state index in [0.717, 1.165) is 18.8 Å². The molecule has 0 heterocycles. The zero-order chi connectivity index (χ0) is 17.3. The minimum atomic E-state index is -1.07. The first-order valence-electron chi connectivity index (χ1n) is 10.2. The quantitative estimate of drug-likeness (QED) is 0.694. The predicted molar refractivity (Wildman–Crippen MR) is 96.5 cm³/mol. The third-order valence-corrected chi connectivity index (χ3v) is 9.07. The lowest BCUT2D eigenvalue weighted by atomic mass is 9.45. The molecule has 24 heavy (non-hydrogen) atoms. The Bertz CT molecular complexity index is 593. The van der Waals surface area contributed by atoms with Gasteiger partial charge in [0.2, 0.25) is 0 Å². The van der Waals surface area contributed by atoms with Crippen molar-refractivity contribution in [3.05, 3.63) is 11.6 Å². The number of aliphatic hydroxyl groups is 1. The second-order valence-electron chi connectivity index (χ2n) is 9.89. The van der Waals surface area contributed by atoms with E-state index in [1.54, 1.807) is 12.5 Å². The third kappa shape index (κ3) is 1.90. The Morgan fingerprint density at radius 2 is 1.88 bits per heavy atom. The molecular weight excluding hydrogens is 296 g/mol. The van der Waals surface area contributed by atoms with Gasteiger partial charge in [-0.05, 0) is 87.4 Å². The molecular formula is C22H34O2. The Balaban J connectivity index is 1.73. The highest BCUT2D eigenvalue weighted by Gasteiger charge is 2.65. The number of rotatable bonds is 1. The molecule has 4 aliphatic carbocycles. The van der Waals surface area contributed by atoms with Gasteiger partial charge >= 0.3 is 0 Å². The minimum Gasteiger partial charge on any atom is -0.382 e. The molecule has 3 saturated carbocycles. The van der Waals surface area contributed by atoms with Gasteiger partial charge in [-0.25, -0.2) is 0 Å². The fraction of sp³-hybridized carbons (Fsp3) is 0.864. The van der Waals surface area contributed by atoms with Crippen LogP contribution in [0.2, 0.25) is 0 Å². The topological polar surface area (TPSA) is 37.3 Å². The van der Waals surface area contributed by atoms with Gasteiger partial charge in [-0.2, -0.15) is 0 Å². The van der Waals surface area contributed by atoms with E-state index in [9.17, 15) is 9.90 Å². The average molecular weight is 331 g/mol. The van der Waals surface area contributed by atoms with Crippen LogP contribution >= 0.6 is 0 Å². The molecule has 134 valence electrons. The Morgan fingerprint density at radius 3 is 2.58 bits per heavy atom. The Kier molecular flexibility index (Phi) is 3.64. The van der Waals surface area contributed by atoms with Crippen molar-refractivity contribution in [2.24, 2.45) is 34.5 Å². The maximum Gasteiger partial charge on any atom is 0.161 e. The monoisotopic (exact) mass is 330 g/mol. The van der Waals surface area contributed by atoms with Gasteiger partial charge in [0.05, 0.1) is 0 Å². The maximum atomic E-state index is 12.3. The fourth-order valence-electron chi connectivity index (χ4n) is 7.80. The summed E-state index contributed by atoms with van der Waals surface area (Å²) in [6.07, 6.45) is 11.7. The minimum absolute atomic E-state index is 0.000675. The lowest BCUT2D eigenvalue weighted by Gasteiger charge is -2.60. The van der Waals surface area contributed by atoms with E-state index >= 15 is 0 Å². The van der Waals surface area contributed by atoms with Crippen molar-refractivity contribution in [2.75, 3.05) is 0 Å². The van der Waals surface area contributed by atoms with E-state index in [-0.39, 0.29) is 11.2 Å². The van der Waals surface area contributed by atoms with Crippen LogP contribution in [0.4, 0.5) is 0 Å². The maximum absolute atomic E-state index is 12.3. The van der Waals surface area contributed by atoms with Crippen LogP contribution in [0.3, 0.4) is 0 Å². The molecule has 0 aromatic rings. The number of carbonyl (C=O) groups excluding carboxylic acids is 1. The molecule has 0 aromatic heterocycles. The van der Waals surface area contributed by atoms with Gasteiger partial charge < -0.3 is 5.11 Å². The molecule has 0 spiro atoms. The first-order valence-corrected chi connectivity index (χ1v) is 10.2. The summed E-state index contributed by atoms with van der Waals surface area (Å²) in [6.45, 7) is 8.78. The standard InChI is InChI=1S/C22H34O2/c1-14-13-16-18(20(3)10-6-5-7-17(14)20)8-11-21(4)19(16)9-12-22(21,24)15(2)23/h7,14,16,18-19,24H,5-6,8-13H2,1-4H3/t14-,16+,18-,19-,20-,21-,22-/m0/s1. The number of ketones is 1. The molecule has 0 aliphatic heterocycles. The van der Waals surface area contributed by atoms with Crippen molar-refractivity contribution in [1.82, 2.24) is 0 Å². The fourth-order valence-corrected chi connectivity index (χ4v) is 7.80. The van der Waals surface area contributed by atoms with Crippen molar-refractivity contribution in [2.45, 2.75) is 84.7 Å². The first kappa shape index (κ1) is 16.8. The van der Waals surface area contributed by atoms with Gasteiger partial charge in [-0.15, -0.1) is 0 Å². The predicted octanol–water partition coefficient (Wildman–Crippen LogP) is 4.91. The highest BCUT2D eigenvalue weighted by atomic mass is 16.3. The van der Waals surface area contributed by atoms with E-state index in [2.05, 4.69) is 26.8 Å². The van der Waals surface area contributed by atoms with Crippen molar-refractivity contribution in [3.8, 4) is 0 Å². The Hall–Kier alpha value is -0.630. The number of hydrogen-bond donors (Lipinski definition) is 1. The summed E-state index contributed by atoms with van der Waals surface area (Å²) in [5.74, 6) is 2.64. The van der Waals surface area contributed by atoms with Gasteiger partial charge in [0, 0.05) is 5.41 Å².